The molecule has 0 saturated heterocycles. The predicted molar refractivity (Wildman–Crippen MR) is 92.2 cm³/mol. The lowest BCUT2D eigenvalue weighted by molar-refractivity contribution is 0.660. The van der Waals surface area contributed by atoms with Crippen LogP contribution in [0.2, 0.25) is 5.02 Å². The fourth-order valence-electron chi connectivity index (χ4n) is 3.47. The number of hydrogen-bond acceptors (Lipinski definition) is 1. The third-order valence-corrected chi connectivity index (χ3v) is 4.92. The summed E-state index contributed by atoms with van der Waals surface area (Å²) in [4.78, 5) is 4.43. The topological polar surface area (TPSA) is 12.9 Å². The average molecular weight is 306 g/mol. The number of benzene rings is 2. The SMILES string of the molecule is CC1(C)c2ccccc2-c2cc(-c3ncccc3Cl)ccc21. The van der Waals surface area contributed by atoms with Crippen molar-refractivity contribution in [1.82, 2.24) is 4.98 Å². The molecule has 2 heteroatoms. The summed E-state index contributed by atoms with van der Waals surface area (Å²) >= 11 is 6.30. The van der Waals surface area contributed by atoms with Gasteiger partial charge < -0.3 is 0 Å². The lowest BCUT2D eigenvalue weighted by Crippen LogP contribution is -2.14. The van der Waals surface area contributed by atoms with E-state index in [0.29, 0.717) is 5.02 Å². The number of hydrogen-bond donors (Lipinski definition) is 0. The minimum absolute atomic E-state index is 0.0400. The molecule has 0 bridgehead atoms. The van der Waals surface area contributed by atoms with Crippen molar-refractivity contribution in [3.63, 3.8) is 0 Å². The Labute approximate surface area is 135 Å². The minimum atomic E-state index is 0.0400. The van der Waals surface area contributed by atoms with Gasteiger partial charge in [0.15, 0.2) is 0 Å². The summed E-state index contributed by atoms with van der Waals surface area (Å²) in [6, 6.07) is 18.9. The highest BCUT2D eigenvalue weighted by molar-refractivity contribution is 6.33. The third kappa shape index (κ3) is 1.82. The molecule has 4 rings (SSSR count). The first-order valence-electron chi connectivity index (χ1n) is 7.44. The summed E-state index contributed by atoms with van der Waals surface area (Å²) in [5.41, 5.74) is 7.30. The third-order valence-electron chi connectivity index (χ3n) is 4.62. The predicted octanol–water partition coefficient (Wildman–Crippen LogP) is 5.71. The van der Waals surface area contributed by atoms with E-state index in [1.165, 1.54) is 22.3 Å². The molecular weight excluding hydrogens is 290 g/mol. The van der Waals surface area contributed by atoms with Gasteiger partial charge in [0, 0.05) is 17.2 Å². The van der Waals surface area contributed by atoms with Crippen LogP contribution >= 0.6 is 11.6 Å². The molecule has 1 aliphatic carbocycles. The Hall–Kier alpha value is -2.12. The van der Waals surface area contributed by atoms with Gasteiger partial charge in [0.25, 0.3) is 0 Å². The number of fused-ring (bicyclic) bond motifs is 3. The molecule has 2 aromatic carbocycles. The van der Waals surface area contributed by atoms with E-state index in [2.05, 4.69) is 61.3 Å². The summed E-state index contributed by atoms with van der Waals surface area (Å²) in [6.07, 6.45) is 1.78. The van der Waals surface area contributed by atoms with Crippen LogP contribution in [-0.2, 0) is 5.41 Å². The van der Waals surface area contributed by atoms with E-state index in [1.54, 1.807) is 6.20 Å². The molecule has 1 aromatic heterocycles. The first-order chi connectivity index (χ1) is 10.6. The number of rotatable bonds is 1. The highest BCUT2D eigenvalue weighted by Crippen LogP contribution is 2.49. The summed E-state index contributed by atoms with van der Waals surface area (Å²) in [6.45, 7) is 4.57. The van der Waals surface area contributed by atoms with Gasteiger partial charge in [0.2, 0.25) is 0 Å². The second-order valence-electron chi connectivity index (χ2n) is 6.26. The van der Waals surface area contributed by atoms with Crippen LogP contribution < -0.4 is 0 Å². The van der Waals surface area contributed by atoms with Gasteiger partial charge in [-0.05, 0) is 40.5 Å². The van der Waals surface area contributed by atoms with E-state index in [4.69, 9.17) is 11.6 Å². The molecule has 0 radical (unpaired) electrons. The Morgan fingerprint density at radius 1 is 0.864 bits per heavy atom. The zero-order valence-electron chi connectivity index (χ0n) is 12.6. The highest BCUT2D eigenvalue weighted by atomic mass is 35.5. The summed E-state index contributed by atoms with van der Waals surface area (Å²) in [7, 11) is 0. The number of nitrogens with zero attached hydrogens (tertiary/aromatic N) is 1. The van der Waals surface area contributed by atoms with Crippen LogP contribution in [0, 0.1) is 0 Å². The van der Waals surface area contributed by atoms with Gasteiger partial charge in [-0.2, -0.15) is 0 Å². The maximum Gasteiger partial charge on any atom is 0.0888 e. The van der Waals surface area contributed by atoms with E-state index in [9.17, 15) is 0 Å². The Kier molecular flexibility index (Phi) is 2.88. The van der Waals surface area contributed by atoms with Crippen molar-refractivity contribution in [1.29, 1.82) is 0 Å². The summed E-state index contributed by atoms with van der Waals surface area (Å²) in [5, 5.41) is 0.688. The average Bonchev–Trinajstić information content (AvgIpc) is 2.76. The quantitative estimate of drug-likeness (QED) is 0.561. The number of aromatic nitrogens is 1. The fourth-order valence-corrected chi connectivity index (χ4v) is 3.70. The largest absolute Gasteiger partial charge is 0.255 e. The van der Waals surface area contributed by atoms with Crippen molar-refractivity contribution >= 4 is 11.6 Å². The van der Waals surface area contributed by atoms with Crippen molar-refractivity contribution in [3.8, 4) is 22.4 Å². The molecule has 108 valence electrons. The molecule has 0 fully saturated rings. The van der Waals surface area contributed by atoms with E-state index in [1.807, 2.05) is 12.1 Å². The maximum atomic E-state index is 6.30. The Balaban J connectivity index is 1.97. The molecule has 0 aliphatic heterocycles. The summed E-state index contributed by atoms with van der Waals surface area (Å²) < 4.78 is 0. The van der Waals surface area contributed by atoms with Crippen molar-refractivity contribution < 1.29 is 0 Å². The van der Waals surface area contributed by atoms with Crippen LogP contribution in [0.4, 0.5) is 0 Å². The van der Waals surface area contributed by atoms with Crippen LogP contribution in [0.3, 0.4) is 0 Å². The molecule has 0 unspecified atom stereocenters. The normalized spacial score (nSPS) is 14.5. The monoisotopic (exact) mass is 305 g/mol. The van der Waals surface area contributed by atoms with Crippen molar-refractivity contribution in [3.05, 3.63) is 76.9 Å². The van der Waals surface area contributed by atoms with Crippen LogP contribution in [0.25, 0.3) is 22.4 Å². The second-order valence-corrected chi connectivity index (χ2v) is 6.67. The number of halogens is 1. The first kappa shape index (κ1) is 13.5. The van der Waals surface area contributed by atoms with E-state index < -0.39 is 0 Å². The smallest absolute Gasteiger partial charge is 0.0888 e. The van der Waals surface area contributed by atoms with Gasteiger partial charge in [-0.25, -0.2) is 0 Å². The van der Waals surface area contributed by atoms with Crippen LogP contribution in [0.1, 0.15) is 25.0 Å². The fraction of sp³-hybridized carbons (Fsp3) is 0.150. The second kappa shape index (κ2) is 4.69. The minimum Gasteiger partial charge on any atom is -0.255 e. The molecule has 0 N–H and O–H groups in total. The molecule has 0 atom stereocenters. The Morgan fingerprint density at radius 3 is 2.45 bits per heavy atom. The molecule has 1 heterocycles. The summed E-state index contributed by atoms with van der Waals surface area (Å²) in [5.74, 6) is 0. The molecule has 1 aliphatic rings. The van der Waals surface area contributed by atoms with E-state index in [-0.39, 0.29) is 5.41 Å². The van der Waals surface area contributed by atoms with Crippen LogP contribution in [0.5, 0.6) is 0 Å². The Morgan fingerprint density at radius 2 is 1.64 bits per heavy atom. The van der Waals surface area contributed by atoms with E-state index in [0.717, 1.165) is 11.3 Å². The number of pyridine rings is 1. The van der Waals surface area contributed by atoms with Gasteiger partial charge in [0.1, 0.15) is 0 Å². The first-order valence-corrected chi connectivity index (χ1v) is 7.82. The molecular formula is C20H16ClN. The van der Waals surface area contributed by atoms with Gasteiger partial charge >= 0.3 is 0 Å². The molecule has 22 heavy (non-hydrogen) atoms. The van der Waals surface area contributed by atoms with E-state index >= 15 is 0 Å². The van der Waals surface area contributed by atoms with Crippen molar-refractivity contribution in [2.45, 2.75) is 19.3 Å². The lowest BCUT2D eigenvalue weighted by Gasteiger charge is -2.21. The molecule has 1 nitrogen and oxygen atoms in total. The van der Waals surface area contributed by atoms with Crippen molar-refractivity contribution in [2.24, 2.45) is 0 Å². The molecule has 3 aromatic rings. The molecule has 0 amide bonds. The van der Waals surface area contributed by atoms with Gasteiger partial charge in [-0.3, -0.25) is 4.98 Å². The standard InChI is InChI=1S/C20H16ClN/c1-20(2)16-7-4-3-6-14(16)15-12-13(9-10-17(15)20)19-18(21)8-5-11-22-19/h3-12H,1-2H3. The lowest BCUT2D eigenvalue weighted by atomic mass is 9.82. The van der Waals surface area contributed by atoms with Gasteiger partial charge in [-0.15, -0.1) is 0 Å². The van der Waals surface area contributed by atoms with Crippen LogP contribution in [0.15, 0.2) is 60.8 Å². The van der Waals surface area contributed by atoms with Gasteiger partial charge in [-0.1, -0.05) is 61.8 Å². The highest BCUT2D eigenvalue weighted by Gasteiger charge is 2.35. The van der Waals surface area contributed by atoms with Crippen LogP contribution in [-0.4, -0.2) is 4.98 Å². The van der Waals surface area contributed by atoms with Gasteiger partial charge in [0.05, 0.1) is 10.7 Å². The zero-order valence-corrected chi connectivity index (χ0v) is 13.4. The molecule has 0 saturated carbocycles. The molecule has 0 spiro atoms. The van der Waals surface area contributed by atoms with Crippen molar-refractivity contribution in [2.75, 3.05) is 0 Å². The maximum absolute atomic E-state index is 6.30. The zero-order chi connectivity index (χ0) is 15.3. The Bertz CT molecular complexity index is 880.